The average molecular weight is 312 g/mol. The van der Waals surface area contributed by atoms with Crippen molar-refractivity contribution in [1.82, 2.24) is 0 Å². The summed E-state index contributed by atoms with van der Waals surface area (Å²) >= 11 is 0. The van der Waals surface area contributed by atoms with Crippen LogP contribution >= 0.6 is 0 Å². The first-order chi connectivity index (χ1) is 11.1. The van der Waals surface area contributed by atoms with Crippen LogP contribution in [0.25, 0.3) is 21.9 Å². The highest BCUT2D eigenvalue weighted by Crippen LogP contribution is 2.49. The lowest BCUT2D eigenvalue weighted by atomic mass is 9.95. The van der Waals surface area contributed by atoms with Gasteiger partial charge in [0.2, 0.25) is 11.7 Å². The molecule has 5 rings (SSSR count). The molecule has 0 radical (unpaired) electrons. The molecule has 6 heteroatoms. The second-order valence-corrected chi connectivity index (χ2v) is 5.85. The van der Waals surface area contributed by atoms with Crippen LogP contribution in [0.4, 0.5) is 0 Å². The lowest BCUT2D eigenvalue weighted by Gasteiger charge is -2.09. The quantitative estimate of drug-likeness (QED) is 0.620. The first kappa shape index (κ1) is 12.8. The fraction of sp³-hybridized carbons (Fsp3) is 0.235. The van der Waals surface area contributed by atoms with E-state index in [0.717, 1.165) is 12.0 Å². The van der Waals surface area contributed by atoms with E-state index in [0.29, 0.717) is 17.9 Å². The number of hydrogen-bond acceptors (Lipinski definition) is 6. The third-order valence-electron chi connectivity index (χ3n) is 4.58. The van der Waals surface area contributed by atoms with Crippen molar-refractivity contribution in [3.8, 4) is 17.2 Å². The fourth-order valence-electron chi connectivity index (χ4n) is 3.56. The zero-order chi connectivity index (χ0) is 15.7. The van der Waals surface area contributed by atoms with E-state index in [1.807, 2.05) is 0 Å². The van der Waals surface area contributed by atoms with E-state index in [1.54, 1.807) is 12.1 Å². The van der Waals surface area contributed by atoms with Crippen LogP contribution in [-0.4, -0.2) is 23.1 Å². The number of benzene rings is 2. The van der Waals surface area contributed by atoms with E-state index in [4.69, 9.17) is 13.9 Å². The molecule has 0 spiro atoms. The molecule has 2 aliphatic heterocycles. The summed E-state index contributed by atoms with van der Waals surface area (Å²) in [6, 6.07) is 6.06. The molecule has 3 heterocycles. The number of phenolic OH excluding ortho intramolecular Hbond substituents is 2. The summed E-state index contributed by atoms with van der Waals surface area (Å²) in [5.74, 6) is 0.0624. The Balaban J connectivity index is 1.98. The first-order valence-corrected chi connectivity index (χ1v) is 7.38. The Kier molecular flexibility index (Phi) is 2.32. The van der Waals surface area contributed by atoms with Crippen molar-refractivity contribution in [2.75, 3.05) is 6.61 Å². The van der Waals surface area contributed by atoms with Gasteiger partial charge in [-0.1, -0.05) is 6.07 Å². The van der Waals surface area contributed by atoms with E-state index in [-0.39, 0.29) is 33.8 Å². The molecule has 116 valence electrons. The predicted molar refractivity (Wildman–Crippen MR) is 81.0 cm³/mol. The maximum Gasteiger partial charge on any atom is 0.208 e. The summed E-state index contributed by atoms with van der Waals surface area (Å²) in [5.41, 5.74) is 0.878. The number of ether oxygens (including phenoxy) is 2. The molecule has 2 aromatic carbocycles. The van der Waals surface area contributed by atoms with Crippen LogP contribution in [0.3, 0.4) is 0 Å². The van der Waals surface area contributed by atoms with E-state index in [2.05, 4.69) is 0 Å². The van der Waals surface area contributed by atoms with Crippen LogP contribution < -0.4 is 10.2 Å². The molecule has 6 nitrogen and oxygen atoms in total. The highest BCUT2D eigenvalue weighted by molar-refractivity contribution is 5.98. The molecule has 2 aliphatic rings. The van der Waals surface area contributed by atoms with Gasteiger partial charge in [0.05, 0.1) is 12.5 Å². The van der Waals surface area contributed by atoms with Gasteiger partial charge >= 0.3 is 0 Å². The molecule has 1 aromatic heterocycles. The molecular formula is C17H12O6. The highest BCUT2D eigenvalue weighted by atomic mass is 16.7. The van der Waals surface area contributed by atoms with E-state index in [9.17, 15) is 15.0 Å². The van der Waals surface area contributed by atoms with Gasteiger partial charge in [-0.25, -0.2) is 0 Å². The zero-order valence-corrected chi connectivity index (χ0v) is 11.9. The Morgan fingerprint density at radius 3 is 2.87 bits per heavy atom. The summed E-state index contributed by atoms with van der Waals surface area (Å²) in [6.45, 7) is 0.579. The van der Waals surface area contributed by atoms with Gasteiger partial charge in [0.1, 0.15) is 39.2 Å². The van der Waals surface area contributed by atoms with Crippen LogP contribution in [0, 0.1) is 0 Å². The standard InChI is InChI=1S/C17H12O6/c18-8-2-1-3-10-13(8)15(20)14-9(19)6-11-12(16(14)22-10)7-4-5-21-17(7)23-11/h1-3,6-7,17-19H,4-5H2/t7-,17+/m0/s1. The molecule has 23 heavy (non-hydrogen) atoms. The molecule has 0 bridgehead atoms. The number of rotatable bonds is 0. The minimum atomic E-state index is -0.456. The largest absolute Gasteiger partial charge is 0.507 e. The summed E-state index contributed by atoms with van der Waals surface area (Å²) in [6.07, 6.45) is 0.361. The predicted octanol–water partition coefficient (Wildman–Crippen LogP) is 2.58. The van der Waals surface area contributed by atoms with Crippen molar-refractivity contribution in [3.63, 3.8) is 0 Å². The van der Waals surface area contributed by atoms with E-state index >= 15 is 0 Å². The maximum atomic E-state index is 12.8. The van der Waals surface area contributed by atoms with Crippen LogP contribution in [0.2, 0.25) is 0 Å². The van der Waals surface area contributed by atoms with Gasteiger partial charge in [-0.05, 0) is 18.6 Å². The molecule has 0 aliphatic carbocycles. The first-order valence-electron chi connectivity index (χ1n) is 7.38. The Hall–Kier alpha value is -2.73. The SMILES string of the molecule is O=c1c2c(O)cccc2oc2c3c(cc(O)c12)O[C@H]1OCC[C@@H]31. The normalized spacial score (nSPS) is 22.3. The van der Waals surface area contributed by atoms with Crippen LogP contribution in [0.15, 0.2) is 33.5 Å². The maximum absolute atomic E-state index is 12.8. The monoisotopic (exact) mass is 312 g/mol. The second kappa shape index (κ2) is 4.17. The number of phenols is 2. The average Bonchev–Trinajstić information content (AvgIpc) is 3.07. The molecule has 3 aromatic rings. The van der Waals surface area contributed by atoms with E-state index < -0.39 is 11.7 Å². The molecule has 0 unspecified atom stereocenters. The van der Waals surface area contributed by atoms with Gasteiger partial charge in [0, 0.05) is 11.6 Å². The lowest BCUT2D eigenvalue weighted by Crippen LogP contribution is -2.13. The lowest BCUT2D eigenvalue weighted by molar-refractivity contribution is -0.0337. The second-order valence-electron chi connectivity index (χ2n) is 5.85. The Morgan fingerprint density at radius 2 is 2.00 bits per heavy atom. The molecule has 2 atom stereocenters. The molecule has 0 amide bonds. The minimum absolute atomic E-state index is 0.0222. The summed E-state index contributed by atoms with van der Waals surface area (Å²) in [4.78, 5) is 12.8. The number of fused-ring (bicyclic) bond motifs is 6. The summed E-state index contributed by atoms with van der Waals surface area (Å²) < 4.78 is 17.1. The third kappa shape index (κ3) is 1.53. The fourth-order valence-corrected chi connectivity index (χ4v) is 3.56. The minimum Gasteiger partial charge on any atom is -0.507 e. The topological polar surface area (TPSA) is 89.1 Å². The van der Waals surface area contributed by atoms with Gasteiger partial charge in [0.25, 0.3) is 0 Å². The van der Waals surface area contributed by atoms with Crippen molar-refractivity contribution in [2.45, 2.75) is 18.6 Å². The van der Waals surface area contributed by atoms with Crippen molar-refractivity contribution in [1.29, 1.82) is 0 Å². The van der Waals surface area contributed by atoms with Gasteiger partial charge in [-0.2, -0.15) is 0 Å². The van der Waals surface area contributed by atoms with Gasteiger partial charge in [-0.3, -0.25) is 4.79 Å². The van der Waals surface area contributed by atoms with Gasteiger partial charge in [-0.15, -0.1) is 0 Å². The highest BCUT2D eigenvalue weighted by Gasteiger charge is 2.42. The van der Waals surface area contributed by atoms with E-state index in [1.165, 1.54) is 12.1 Å². The smallest absolute Gasteiger partial charge is 0.208 e. The molecular weight excluding hydrogens is 300 g/mol. The summed E-state index contributed by atoms with van der Waals surface area (Å²) in [7, 11) is 0. The number of aromatic hydroxyl groups is 2. The number of hydrogen-bond donors (Lipinski definition) is 2. The van der Waals surface area contributed by atoms with Crippen LogP contribution in [0.5, 0.6) is 17.2 Å². The molecule has 1 saturated heterocycles. The van der Waals surface area contributed by atoms with Crippen molar-refractivity contribution >= 4 is 21.9 Å². The molecule has 1 fully saturated rings. The van der Waals surface area contributed by atoms with Crippen LogP contribution in [0.1, 0.15) is 17.9 Å². The third-order valence-corrected chi connectivity index (χ3v) is 4.58. The Labute approximate surface area is 129 Å². The van der Waals surface area contributed by atoms with Gasteiger partial charge in [0.15, 0.2) is 0 Å². The van der Waals surface area contributed by atoms with Crippen molar-refractivity contribution in [2.24, 2.45) is 0 Å². The Morgan fingerprint density at radius 1 is 1.13 bits per heavy atom. The van der Waals surface area contributed by atoms with Crippen molar-refractivity contribution in [3.05, 3.63) is 40.1 Å². The van der Waals surface area contributed by atoms with Crippen molar-refractivity contribution < 1.29 is 24.1 Å². The van der Waals surface area contributed by atoms with Crippen LogP contribution in [-0.2, 0) is 4.74 Å². The molecule has 2 N–H and O–H groups in total. The zero-order valence-electron chi connectivity index (χ0n) is 11.9. The summed E-state index contributed by atoms with van der Waals surface area (Å²) in [5, 5.41) is 20.4. The van der Waals surface area contributed by atoms with Gasteiger partial charge < -0.3 is 24.1 Å². The Bertz CT molecular complexity index is 1030. The molecule has 0 saturated carbocycles.